The largest absolute Gasteiger partial charge is 0.504 e. The van der Waals surface area contributed by atoms with Crippen LogP contribution < -0.4 is 5.32 Å². The van der Waals surface area contributed by atoms with Gasteiger partial charge in [0.05, 0.1) is 0 Å². The van der Waals surface area contributed by atoms with Gasteiger partial charge in [-0.05, 0) is 44.0 Å². The minimum absolute atomic E-state index is 0.0461. The van der Waals surface area contributed by atoms with Gasteiger partial charge in [-0.25, -0.2) is 0 Å². The maximum Gasteiger partial charge on any atom is 0.157 e. The molecule has 0 aromatic heterocycles. The van der Waals surface area contributed by atoms with E-state index in [4.69, 9.17) is 5.11 Å². The minimum atomic E-state index is -0.0621. The van der Waals surface area contributed by atoms with Gasteiger partial charge in [0.25, 0.3) is 0 Å². The summed E-state index contributed by atoms with van der Waals surface area (Å²) in [7, 11) is 0. The minimum Gasteiger partial charge on any atom is -0.504 e. The predicted molar refractivity (Wildman–Crippen MR) is 61.2 cm³/mol. The van der Waals surface area contributed by atoms with Crippen LogP contribution in [0.4, 0.5) is 0 Å². The van der Waals surface area contributed by atoms with Crippen LogP contribution in [-0.2, 0) is 6.42 Å². The SMILES string of the molecule is CCCN[C@@H](C)Cc1ccc(O)c(O)c1. The van der Waals surface area contributed by atoms with E-state index in [2.05, 4.69) is 19.2 Å². The van der Waals surface area contributed by atoms with Crippen molar-refractivity contribution in [3.05, 3.63) is 23.8 Å². The van der Waals surface area contributed by atoms with Gasteiger partial charge >= 0.3 is 0 Å². The van der Waals surface area contributed by atoms with Crippen LogP contribution >= 0.6 is 0 Å². The number of phenols is 2. The van der Waals surface area contributed by atoms with Gasteiger partial charge in [-0.3, -0.25) is 0 Å². The third-order valence-electron chi connectivity index (χ3n) is 2.32. The first kappa shape index (κ1) is 11.9. The first-order valence-corrected chi connectivity index (χ1v) is 5.37. The molecule has 0 unspecified atom stereocenters. The van der Waals surface area contributed by atoms with E-state index >= 15 is 0 Å². The van der Waals surface area contributed by atoms with E-state index in [0.29, 0.717) is 6.04 Å². The van der Waals surface area contributed by atoms with Crippen LogP contribution in [0.2, 0.25) is 0 Å². The van der Waals surface area contributed by atoms with Gasteiger partial charge in [0.15, 0.2) is 11.5 Å². The van der Waals surface area contributed by atoms with E-state index in [-0.39, 0.29) is 11.5 Å². The Labute approximate surface area is 90.8 Å². The zero-order chi connectivity index (χ0) is 11.3. The molecule has 3 heteroatoms. The van der Waals surface area contributed by atoms with Gasteiger partial charge in [0.2, 0.25) is 0 Å². The molecule has 15 heavy (non-hydrogen) atoms. The van der Waals surface area contributed by atoms with Gasteiger partial charge < -0.3 is 15.5 Å². The summed E-state index contributed by atoms with van der Waals surface area (Å²) in [5.74, 6) is -0.108. The topological polar surface area (TPSA) is 52.5 Å². The van der Waals surface area contributed by atoms with E-state index in [1.54, 1.807) is 6.07 Å². The Morgan fingerprint density at radius 1 is 1.27 bits per heavy atom. The lowest BCUT2D eigenvalue weighted by atomic mass is 10.1. The van der Waals surface area contributed by atoms with E-state index in [1.807, 2.05) is 6.07 Å². The average molecular weight is 209 g/mol. The van der Waals surface area contributed by atoms with E-state index < -0.39 is 0 Å². The second kappa shape index (κ2) is 5.61. The molecule has 0 fully saturated rings. The summed E-state index contributed by atoms with van der Waals surface area (Å²) in [6.07, 6.45) is 1.97. The fourth-order valence-corrected chi connectivity index (χ4v) is 1.51. The highest BCUT2D eigenvalue weighted by Crippen LogP contribution is 2.25. The summed E-state index contributed by atoms with van der Waals surface area (Å²) in [6.45, 7) is 5.25. The Bertz CT molecular complexity index is 312. The molecular formula is C12H19NO2. The molecule has 0 saturated heterocycles. The quantitative estimate of drug-likeness (QED) is 0.650. The monoisotopic (exact) mass is 209 g/mol. The third-order valence-corrected chi connectivity index (χ3v) is 2.32. The molecule has 0 radical (unpaired) electrons. The highest BCUT2D eigenvalue weighted by molar-refractivity contribution is 5.40. The van der Waals surface area contributed by atoms with Gasteiger partial charge in [0.1, 0.15) is 0 Å². The predicted octanol–water partition coefficient (Wildman–Crippen LogP) is 2.03. The number of nitrogens with one attached hydrogen (secondary N) is 1. The number of rotatable bonds is 5. The van der Waals surface area contributed by atoms with Crippen molar-refractivity contribution in [1.29, 1.82) is 0 Å². The second-order valence-electron chi connectivity index (χ2n) is 3.88. The van der Waals surface area contributed by atoms with Crippen LogP contribution in [0.1, 0.15) is 25.8 Å². The Balaban J connectivity index is 2.53. The van der Waals surface area contributed by atoms with Gasteiger partial charge in [0, 0.05) is 6.04 Å². The summed E-state index contributed by atoms with van der Waals surface area (Å²) in [6, 6.07) is 5.35. The van der Waals surface area contributed by atoms with E-state index in [9.17, 15) is 5.11 Å². The summed E-state index contributed by atoms with van der Waals surface area (Å²) >= 11 is 0. The van der Waals surface area contributed by atoms with Gasteiger partial charge in [-0.2, -0.15) is 0 Å². The fraction of sp³-hybridized carbons (Fsp3) is 0.500. The lowest BCUT2D eigenvalue weighted by Gasteiger charge is -2.13. The average Bonchev–Trinajstić information content (AvgIpc) is 2.20. The molecule has 0 amide bonds. The van der Waals surface area contributed by atoms with Crippen molar-refractivity contribution in [2.75, 3.05) is 6.54 Å². The maximum atomic E-state index is 9.32. The van der Waals surface area contributed by atoms with Crippen LogP contribution in [0.3, 0.4) is 0 Å². The second-order valence-corrected chi connectivity index (χ2v) is 3.88. The Hall–Kier alpha value is -1.22. The van der Waals surface area contributed by atoms with Crippen molar-refractivity contribution in [3.63, 3.8) is 0 Å². The molecule has 0 aliphatic carbocycles. The third kappa shape index (κ3) is 3.80. The number of phenolic OH excluding ortho intramolecular Hbond substituents is 2. The number of hydrogen-bond donors (Lipinski definition) is 3. The molecule has 0 aliphatic rings. The van der Waals surface area contributed by atoms with E-state index in [0.717, 1.165) is 24.9 Å². The van der Waals surface area contributed by atoms with Crippen LogP contribution in [0.15, 0.2) is 18.2 Å². The highest BCUT2D eigenvalue weighted by atomic mass is 16.3. The standard InChI is InChI=1S/C12H19NO2/c1-3-6-13-9(2)7-10-4-5-11(14)12(15)8-10/h4-5,8-9,13-15H,3,6-7H2,1-2H3/t9-/m0/s1. The molecule has 0 spiro atoms. The summed E-state index contributed by atoms with van der Waals surface area (Å²) in [5, 5.41) is 21.8. The molecule has 0 saturated carbocycles. The fourth-order valence-electron chi connectivity index (χ4n) is 1.51. The smallest absolute Gasteiger partial charge is 0.157 e. The zero-order valence-electron chi connectivity index (χ0n) is 9.33. The highest BCUT2D eigenvalue weighted by Gasteiger charge is 2.05. The van der Waals surface area contributed by atoms with Gasteiger partial charge in [-0.1, -0.05) is 13.0 Å². The Morgan fingerprint density at radius 3 is 2.60 bits per heavy atom. The van der Waals surface area contributed by atoms with Crippen molar-refractivity contribution in [2.45, 2.75) is 32.7 Å². The van der Waals surface area contributed by atoms with Crippen molar-refractivity contribution in [2.24, 2.45) is 0 Å². The Kier molecular flexibility index (Phi) is 4.43. The number of aromatic hydroxyl groups is 2. The summed E-state index contributed by atoms with van der Waals surface area (Å²) in [4.78, 5) is 0. The molecule has 3 nitrogen and oxygen atoms in total. The van der Waals surface area contributed by atoms with Crippen molar-refractivity contribution in [3.8, 4) is 11.5 Å². The molecule has 1 rings (SSSR count). The lowest BCUT2D eigenvalue weighted by Crippen LogP contribution is -2.28. The van der Waals surface area contributed by atoms with E-state index in [1.165, 1.54) is 6.07 Å². The van der Waals surface area contributed by atoms with Crippen molar-refractivity contribution >= 4 is 0 Å². The first-order chi connectivity index (χ1) is 7.13. The van der Waals surface area contributed by atoms with Gasteiger partial charge in [-0.15, -0.1) is 0 Å². The molecule has 84 valence electrons. The number of benzene rings is 1. The molecular weight excluding hydrogens is 190 g/mol. The van der Waals surface area contributed by atoms with Crippen LogP contribution in [-0.4, -0.2) is 22.8 Å². The maximum absolute atomic E-state index is 9.32. The van der Waals surface area contributed by atoms with Crippen LogP contribution in [0.25, 0.3) is 0 Å². The first-order valence-electron chi connectivity index (χ1n) is 5.37. The molecule has 1 aromatic rings. The molecule has 1 aromatic carbocycles. The van der Waals surface area contributed by atoms with Crippen LogP contribution in [0, 0.1) is 0 Å². The number of hydrogen-bond acceptors (Lipinski definition) is 3. The lowest BCUT2D eigenvalue weighted by molar-refractivity contribution is 0.402. The van der Waals surface area contributed by atoms with Crippen molar-refractivity contribution < 1.29 is 10.2 Å². The van der Waals surface area contributed by atoms with Crippen molar-refractivity contribution in [1.82, 2.24) is 5.32 Å². The molecule has 0 bridgehead atoms. The molecule has 1 atom stereocenters. The zero-order valence-corrected chi connectivity index (χ0v) is 9.33. The molecule has 0 aliphatic heterocycles. The molecule has 0 heterocycles. The summed E-state index contributed by atoms with van der Waals surface area (Å²) < 4.78 is 0. The van der Waals surface area contributed by atoms with Crippen LogP contribution in [0.5, 0.6) is 11.5 Å². The Morgan fingerprint density at radius 2 is 2.00 bits per heavy atom. The summed E-state index contributed by atoms with van der Waals surface area (Å²) in [5.41, 5.74) is 1.03. The normalized spacial score (nSPS) is 12.7. The molecule has 3 N–H and O–H groups in total.